The zero-order valence-corrected chi connectivity index (χ0v) is 15.4. The lowest BCUT2D eigenvalue weighted by atomic mass is 10.2. The Balaban J connectivity index is 2.20. The molecule has 2 heterocycles. The molecule has 0 spiro atoms. The molecule has 0 amide bonds. The fraction of sp³-hybridized carbons (Fsp3) is 0.118. The number of carboxylic acids is 1. The van der Waals surface area contributed by atoms with E-state index in [0.717, 1.165) is 5.56 Å². The highest BCUT2D eigenvalue weighted by Gasteiger charge is 2.24. The number of carbonyl (C=O) groups is 1. The smallest absolute Gasteiger partial charge is 0.355 e. The highest BCUT2D eigenvalue weighted by atomic mass is 35.5. The first-order valence-corrected chi connectivity index (χ1v) is 9.21. The van der Waals surface area contributed by atoms with E-state index < -0.39 is 5.97 Å². The zero-order valence-electron chi connectivity index (χ0n) is 13.1. The van der Waals surface area contributed by atoms with Gasteiger partial charge in [0, 0.05) is 28.0 Å². The van der Waals surface area contributed by atoms with E-state index in [-0.39, 0.29) is 12.2 Å². The van der Waals surface area contributed by atoms with Crippen LogP contribution in [-0.2, 0) is 6.54 Å². The van der Waals surface area contributed by atoms with Gasteiger partial charge in [0.25, 0.3) is 0 Å². The molecule has 0 bridgehead atoms. The zero-order chi connectivity index (χ0) is 18.0. The first kappa shape index (κ1) is 17.8. The second-order valence-corrected chi connectivity index (χ2v) is 6.80. The van der Waals surface area contributed by atoms with Gasteiger partial charge in [0.15, 0.2) is 5.69 Å². The Kier molecular flexibility index (Phi) is 5.32. The van der Waals surface area contributed by atoms with Gasteiger partial charge in [-0.3, -0.25) is 4.98 Å². The van der Waals surface area contributed by atoms with Crippen LogP contribution < -0.4 is 0 Å². The molecule has 25 heavy (non-hydrogen) atoms. The van der Waals surface area contributed by atoms with Crippen molar-refractivity contribution in [2.24, 2.45) is 0 Å². The van der Waals surface area contributed by atoms with Crippen molar-refractivity contribution >= 4 is 40.9 Å². The quantitative estimate of drug-likeness (QED) is 0.635. The lowest BCUT2D eigenvalue weighted by Gasteiger charge is -2.12. The van der Waals surface area contributed by atoms with Crippen molar-refractivity contribution in [1.29, 1.82) is 0 Å². The summed E-state index contributed by atoms with van der Waals surface area (Å²) in [6.07, 6.45) is 5.09. The molecule has 1 aromatic carbocycles. The number of nitrogens with zero attached hydrogens (tertiary/aromatic N) is 3. The summed E-state index contributed by atoms with van der Waals surface area (Å²) >= 11 is 13.6. The average molecular weight is 394 g/mol. The van der Waals surface area contributed by atoms with Gasteiger partial charge in [-0.25, -0.2) is 9.78 Å². The van der Waals surface area contributed by atoms with Gasteiger partial charge in [0.05, 0.1) is 6.54 Å². The minimum atomic E-state index is -1.05. The Bertz CT molecular complexity index is 929. The Morgan fingerprint density at radius 1 is 1.32 bits per heavy atom. The number of imidazole rings is 1. The number of hydrogen-bond acceptors (Lipinski definition) is 4. The van der Waals surface area contributed by atoms with Crippen molar-refractivity contribution in [3.05, 3.63) is 64.0 Å². The van der Waals surface area contributed by atoms with Gasteiger partial charge >= 0.3 is 5.97 Å². The van der Waals surface area contributed by atoms with Crippen molar-refractivity contribution in [2.45, 2.75) is 11.6 Å². The summed E-state index contributed by atoms with van der Waals surface area (Å²) in [6, 6.07) is 8.72. The molecule has 128 valence electrons. The van der Waals surface area contributed by atoms with E-state index in [1.807, 2.05) is 6.07 Å². The van der Waals surface area contributed by atoms with Gasteiger partial charge in [0.1, 0.15) is 10.9 Å². The fourth-order valence-corrected chi connectivity index (χ4v) is 3.42. The van der Waals surface area contributed by atoms with Crippen LogP contribution >= 0.6 is 35.0 Å². The molecule has 0 radical (unpaired) electrons. The van der Waals surface area contributed by atoms with Crippen LogP contribution in [0.25, 0.3) is 11.4 Å². The fourth-order valence-electron chi connectivity index (χ4n) is 2.48. The van der Waals surface area contributed by atoms with E-state index in [2.05, 4.69) is 9.97 Å². The van der Waals surface area contributed by atoms with Crippen LogP contribution in [0.1, 0.15) is 16.1 Å². The van der Waals surface area contributed by atoms with E-state index in [0.29, 0.717) is 26.5 Å². The Hall–Kier alpha value is -2.02. The SMILES string of the molecule is CSc1nc(-c2cccnc2)n(Cc2cc(Cl)ccc2Cl)c1C(=O)O. The second-order valence-electron chi connectivity index (χ2n) is 5.16. The molecule has 0 aliphatic carbocycles. The maximum Gasteiger partial charge on any atom is 0.355 e. The maximum atomic E-state index is 11.8. The average Bonchev–Trinajstić information content (AvgIpc) is 2.97. The summed E-state index contributed by atoms with van der Waals surface area (Å²) in [5.74, 6) is -0.531. The number of pyridine rings is 1. The molecular formula is C17H13Cl2N3O2S. The van der Waals surface area contributed by atoms with Gasteiger partial charge in [-0.2, -0.15) is 0 Å². The van der Waals surface area contributed by atoms with Crippen LogP contribution in [-0.4, -0.2) is 31.9 Å². The van der Waals surface area contributed by atoms with Crippen molar-refractivity contribution in [3.63, 3.8) is 0 Å². The molecule has 8 heteroatoms. The van der Waals surface area contributed by atoms with Gasteiger partial charge in [-0.1, -0.05) is 23.2 Å². The third-order valence-electron chi connectivity index (χ3n) is 3.59. The van der Waals surface area contributed by atoms with Crippen LogP contribution in [0.4, 0.5) is 0 Å². The number of halogens is 2. The normalized spacial score (nSPS) is 10.8. The van der Waals surface area contributed by atoms with Crippen LogP contribution in [0.3, 0.4) is 0 Å². The van der Waals surface area contributed by atoms with E-state index in [1.54, 1.807) is 47.5 Å². The molecule has 0 aliphatic heterocycles. The summed E-state index contributed by atoms with van der Waals surface area (Å²) < 4.78 is 1.63. The molecule has 0 saturated carbocycles. The molecule has 0 unspecified atom stereocenters. The number of carboxylic acid groups (broad SMARTS) is 1. The number of aromatic carboxylic acids is 1. The molecule has 5 nitrogen and oxygen atoms in total. The Morgan fingerprint density at radius 2 is 2.12 bits per heavy atom. The Morgan fingerprint density at radius 3 is 2.76 bits per heavy atom. The molecule has 2 aromatic heterocycles. The van der Waals surface area contributed by atoms with E-state index in [9.17, 15) is 9.90 Å². The second kappa shape index (κ2) is 7.47. The molecule has 0 aliphatic rings. The van der Waals surface area contributed by atoms with Crippen molar-refractivity contribution in [3.8, 4) is 11.4 Å². The standard InChI is InChI=1S/C17H13Cl2N3O2S/c1-25-16-14(17(23)24)22(9-11-7-12(18)4-5-13(11)19)15(21-16)10-3-2-6-20-8-10/h2-8H,9H2,1H3,(H,23,24). The van der Waals surface area contributed by atoms with E-state index in [1.165, 1.54) is 11.8 Å². The van der Waals surface area contributed by atoms with Crippen LogP contribution in [0.15, 0.2) is 47.8 Å². The summed E-state index contributed by atoms with van der Waals surface area (Å²) in [6.45, 7) is 0.235. The van der Waals surface area contributed by atoms with Crippen molar-refractivity contribution < 1.29 is 9.90 Å². The van der Waals surface area contributed by atoms with Crippen molar-refractivity contribution in [1.82, 2.24) is 14.5 Å². The van der Waals surface area contributed by atoms with Gasteiger partial charge in [-0.05, 0) is 42.2 Å². The molecule has 0 fully saturated rings. The lowest BCUT2D eigenvalue weighted by molar-refractivity contribution is 0.0681. The maximum absolute atomic E-state index is 11.8. The van der Waals surface area contributed by atoms with Crippen LogP contribution in [0.2, 0.25) is 10.0 Å². The topological polar surface area (TPSA) is 68.0 Å². The van der Waals surface area contributed by atoms with Crippen LogP contribution in [0, 0.1) is 0 Å². The summed E-state index contributed by atoms with van der Waals surface area (Å²) in [5.41, 5.74) is 1.55. The largest absolute Gasteiger partial charge is 0.476 e. The number of aromatic nitrogens is 3. The number of hydrogen-bond donors (Lipinski definition) is 1. The van der Waals surface area contributed by atoms with Crippen molar-refractivity contribution in [2.75, 3.05) is 6.26 Å². The van der Waals surface area contributed by atoms with Crippen LogP contribution in [0.5, 0.6) is 0 Å². The molecule has 0 saturated heterocycles. The minimum absolute atomic E-state index is 0.113. The molecule has 3 rings (SSSR count). The molecule has 0 atom stereocenters. The number of benzene rings is 1. The summed E-state index contributed by atoms with van der Waals surface area (Å²) in [5, 5.41) is 11.2. The highest BCUT2D eigenvalue weighted by molar-refractivity contribution is 7.98. The molecule has 1 N–H and O–H groups in total. The minimum Gasteiger partial charge on any atom is -0.476 e. The lowest BCUT2D eigenvalue weighted by Crippen LogP contribution is -2.12. The van der Waals surface area contributed by atoms with E-state index >= 15 is 0 Å². The molecular weight excluding hydrogens is 381 g/mol. The first-order valence-electron chi connectivity index (χ1n) is 7.23. The van der Waals surface area contributed by atoms with Gasteiger partial charge in [-0.15, -0.1) is 11.8 Å². The predicted octanol–water partition coefficient (Wildman–Crippen LogP) is 4.72. The third kappa shape index (κ3) is 3.66. The van der Waals surface area contributed by atoms with Gasteiger partial charge in [0.2, 0.25) is 0 Å². The third-order valence-corrected chi connectivity index (χ3v) is 4.86. The predicted molar refractivity (Wildman–Crippen MR) is 99.8 cm³/mol. The van der Waals surface area contributed by atoms with Gasteiger partial charge < -0.3 is 9.67 Å². The summed E-state index contributed by atoms with van der Waals surface area (Å²) in [4.78, 5) is 20.4. The Labute approximate surface area is 158 Å². The number of rotatable bonds is 5. The summed E-state index contributed by atoms with van der Waals surface area (Å²) in [7, 11) is 0. The number of thioether (sulfide) groups is 1. The van der Waals surface area contributed by atoms with E-state index in [4.69, 9.17) is 23.2 Å². The molecule has 3 aromatic rings. The monoisotopic (exact) mass is 393 g/mol. The highest BCUT2D eigenvalue weighted by Crippen LogP contribution is 2.30. The first-order chi connectivity index (χ1) is 12.0.